The molecule has 3 rings (SSSR count). The van der Waals surface area contributed by atoms with E-state index >= 15 is 0 Å². The highest BCUT2D eigenvalue weighted by Gasteiger charge is 2.14. The summed E-state index contributed by atoms with van der Waals surface area (Å²) in [6.07, 6.45) is -0.131. The predicted molar refractivity (Wildman–Crippen MR) is 94.3 cm³/mol. The molecule has 0 aliphatic rings. The second-order valence-electron chi connectivity index (χ2n) is 5.83. The fraction of sp³-hybridized carbons (Fsp3) is 0.250. The molecule has 0 saturated carbocycles. The average Bonchev–Trinajstić information content (AvgIpc) is 2.63. The summed E-state index contributed by atoms with van der Waals surface area (Å²) < 4.78 is 18.6. The second kappa shape index (κ2) is 7.51. The maximum atomic E-state index is 13.1. The van der Waals surface area contributed by atoms with Gasteiger partial charge in [0.15, 0.2) is 0 Å². The number of hydrogen-bond acceptors (Lipinski definition) is 3. The van der Waals surface area contributed by atoms with Crippen LogP contribution in [-0.4, -0.2) is 18.6 Å². The molecule has 0 aliphatic carbocycles. The van der Waals surface area contributed by atoms with Crippen LogP contribution in [0.1, 0.15) is 30.3 Å². The van der Waals surface area contributed by atoms with Crippen LogP contribution in [0.2, 0.25) is 0 Å². The van der Waals surface area contributed by atoms with E-state index in [-0.39, 0.29) is 18.0 Å². The molecule has 2 atom stereocenters. The lowest BCUT2D eigenvalue weighted by atomic mass is 10.1. The van der Waals surface area contributed by atoms with Crippen molar-refractivity contribution in [3.8, 4) is 0 Å². The van der Waals surface area contributed by atoms with Gasteiger partial charge in [-0.15, -0.1) is 0 Å². The van der Waals surface area contributed by atoms with Crippen LogP contribution in [0.25, 0.3) is 10.9 Å². The Morgan fingerprint density at radius 2 is 1.79 bits per heavy atom. The summed E-state index contributed by atoms with van der Waals surface area (Å²) in [4.78, 5) is 4.71. The zero-order valence-electron chi connectivity index (χ0n) is 13.9. The smallest absolute Gasteiger partial charge is 0.123 e. The Labute approximate surface area is 141 Å². The number of para-hydroxylation sites is 1. The number of aromatic nitrogens is 1. The molecule has 1 N–H and O–H groups in total. The molecule has 24 heavy (non-hydrogen) atoms. The summed E-state index contributed by atoms with van der Waals surface area (Å²) in [7, 11) is 1.66. The minimum Gasteiger partial charge on any atom is -0.375 e. The summed E-state index contributed by atoms with van der Waals surface area (Å²) in [5, 5.41) is 4.58. The fourth-order valence-electron chi connectivity index (χ4n) is 2.73. The normalized spacial score (nSPS) is 13.8. The zero-order chi connectivity index (χ0) is 16.9. The summed E-state index contributed by atoms with van der Waals surface area (Å²) >= 11 is 0. The second-order valence-corrected chi connectivity index (χ2v) is 5.83. The molecule has 0 fully saturated rings. The van der Waals surface area contributed by atoms with Crippen LogP contribution in [0.15, 0.2) is 60.7 Å². The van der Waals surface area contributed by atoms with Gasteiger partial charge in [-0.3, -0.25) is 4.98 Å². The third-order valence-electron chi connectivity index (χ3n) is 4.20. The maximum Gasteiger partial charge on any atom is 0.123 e. The van der Waals surface area contributed by atoms with Gasteiger partial charge in [-0.1, -0.05) is 36.4 Å². The van der Waals surface area contributed by atoms with E-state index in [1.165, 1.54) is 12.1 Å². The van der Waals surface area contributed by atoms with Gasteiger partial charge in [0.05, 0.1) is 17.3 Å². The lowest BCUT2D eigenvalue weighted by Crippen LogP contribution is -2.26. The minimum absolute atomic E-state index is 0.0905. The zero-order valence-corrected chi connectivity index (χ0v) is 13.9. The van der Waals surface area contributed by atoms with Gasteiger partial charge in [-0.25, -0.2) is 4.39 Å². The molecule has 0 saturated heterocycles. The first-order valence-electron chi connectivity index (χ1n) is 8.04. The van der Waals surface area contributed by atoms with Gasteiger partial charge in [-0.05, 0) is 36.8 Å². The fourth-order valence-corrected chi connectivity index (χ4v) is 2.73. The van der Waals surface area contributed by atoms with Crippen LogP contribution in [0.4, 0.5) is 4.39 Å². The summed E-state index contributed by atoms with van der Waals surface area (Å²) in [5.74, 6) is -0.240. The van der Waals surface area contributed by atoms with Gasteiger partial charge in [0.1, 0.15) is 5.82 Å². The largest absolute Gasteiger partial charge is 0.375 e. The van der Waals surface area contributed by atoms with Crippen LogP contribution in [0.5, 0.6) is 0 Å². The number of pyridine rings is 1. The molecule has 0 aliphatic heterocycles. The van der Waals surface area contributed by atoms with E-state index in [1.807, 2.05) is 24.3 Å². The topological polar surface area (TPSA) is 34.1 Å². The molecule has 4 heteroatoms. The van der Waals surface area contributed by atoms with Crippen molar-refractivity contribution >= 4 is 10.9 Å². The highest BCUT2D eigenvalue weighted by Crippen LogP contribution is 2.19. The number of nitrogens with one attached hydrogen (secondary N) is 1. The van der Waals surface area contributed by atoms with Crippen LogP contribution >= 0.6 is 0 Å². The van der Waals surface area contributed by atoms with E-state index in [0.29, 0.717) is 6.54 Å². The van der Waals surface area contributed by atoms with Crippen molar-refractivity contribution in [3.05, 3.63) is 77.7 Å². The van der Waals surface area contributed by atoms with Crippen molar-refractivity contribution in [2.24, 2.45) is 0 Å². The van der Waals surface area contributed by atoms with Crippen LogP contribution in [0, 0.1) is 5.82 Å². The van der Waals surface area contributed by atoms with Crippen LogP contribution in [-0.2, 0) is 4.74 Å². The molecule has 3 aromatic rings. The number of halogens is 1. The van der Waals surface area contributed by atoms with E-state index in [9.17, 15) is 4.39 Å². The van der Waals surface area contributed by atoms with Crippen molar-refractivity contribution < 1.29 is 9.13 Å². The summed E-state index contributed by atoms with van der Waals surface area (Å²) in [6, 6.07) is 18.7. The van der Waals surface area contributed by atoms with E-state index in [1.54, 1.807) is 19.2 Å². The van der Waals surface area contributed by atoms with Crippen molar-refractivity contribution in [1.29, 1.82) is 0 Å². The molecular weight excluding hydrogens is 303 g/mol. The first-order chi connectivity index (χ1) is 11.7. The number of rotatable bonds is 6. The van der Waals surface area contributed by atoms with E-state index < -0.39 is 0 Å². The Hall–Kier alpha value is -2.30. The van der Waals surface area contributed by atoms with E-state index in [0.717, 1.165) is 22.2 Å². The first kappa shape index (κ1) is 16.6. The number of fused-ring (bicyclic) bond motifs is 1. The Bertz CT molecular complexity index is 804. The highest BCUT2D eigenvalue weighted by atomic mass is 19.1. The molecule has 0 radical (unpaired) electrons. The maximum absolute atomic E-state index is 13.1. The Morgan fingerprint density at radius 3 is 2.54 bits per heavy atom. The number of nitrogens with zero attached hydrogens (tertiary/aromatic N) is 1. The Kier molecular flexibility index (Phi) is 5.18. The molecule has 124 valence electrons. The van der Waals surface area contributed by atoms with Crippen molar-refractivity contribution in [1.82, 2.24) is 10.3 Å². The molecule has 0 amide bonds. The van der Waals surface area contributed by atoms with Crippen LogP contribution in [0.3, 0.4) is 0 Å². The number of hydrogen-bond donors (Lipinski definition) is 1. The van der Waals surface area contributed by atoms with E-state index in [4.69, 9.17) is 9.72 Å². The SMILES string of the molecule is CO[C@@H](CN[C@@H](C)c1ccc2ccccc2n1)c1ccc(F)cc1. The quantitative estimate of drug-likeness (QED) is 0.729. The molecule has 1 aromatic heterocycles. The lowest BCUT2D eigenvalue weighted by molar-refractivity contribution is 0.0997. The molecule has 0 bridgehead atoms. The molecule has 3 nitrogen and oxygen atoms in total. The Morgan fingerprint density at radius 1 is 1.04 bits per heavy atom. The molecule has 1 heterocycles. The molecule has 2 aromatic carbocycles. The van der Waals surface area contributed by atoms with Gasteiger partial charge < -0.3 is 10.1 Å². The number of ether oxygens (including phenoxy) is 1. The summed E-state index contributed by atoms with van der Waals surface area (Å²) in [5.41, 5.74) is 2.93. The number of methoxy groups -OCH3 is 1. The molecule has 0 unspecified atom stereocenters. The Balaban J connectivity index is 1.68. The minimum atomic E-state index is -0.240. The van der Waals surface area contributed by atoms with Gasteiger partial charge in [0, 0.05) is 25.1 Å². The standard InChI is InChI=1S/C20H21FN2O/c1-14(18-12-9-15-5-3-4-6-19(15)23-18)22-13-20(24-2)16-7-10-17(21)11-8-16/h3-12,14,20,22H,13H2,1-2H3/t14-,20-/m0/s1. The first-order valence-corrected chi connectivity index (χ1v) is 8.04. The molecule has 0 spiro atoms. The van der Waals surface area contributed by atoms with Crippen molar-refractivity contribution in [2.75, 3.05) is 13.7 Å². The van der Waals surface area contributed by atoms with Gasteiger partial charge >= 0.3 is 0 Å². The third kappa shape index (κ3) is 3.78. The lowest BCUT2D eigenvalue weighted by Gasteiger charge is -2.20. The van der Waals surface area contributed by atoms with E-state index in [2.05, 4.69) is 24.4 Å². The van der Waals surface area contributed by atoms with Crippen molar-refractivity contribution in [2.45, 2.75) is 19.1 Å². The highest BCUT2D eigenvalue weighted by molar-refractivity contribution is 5.78. The number of benzene rings is 2. The average molecular weight is 324 g/mol. The monoisotopic (exact) mass is 324 g/mol. The summed E-state index contributed by atoms with van der Waals surface area (Å²) in [6.45, 7) is 2.70. The van der Waals surface area contributed by atoms with Gasteiger partial charge in [0.25, 0.3) is 0 Å². The predicted octanol–water partition coefficient (Wildman–Crippen LogP) is 4.41. The third-order valence-corrected chi connectivity index (χ3v) is 4.20. The van der Waals surface area contributed by atoms with Crippen molar-refractivity contribution in [3.63, 3.8) is 0 Å². The van der Waals surface area contributed by atoms with Crippen LogP contribution < -0.4 is 5.32 Å². The molecular formula is C20H21FN2O. The van der Waals surface area contributed by atoms with Gasteiger partial charge in [0.2, 0.25) is 0 Å². The van der Waals surface area contributed by atoms with Gasteiger partial charge in [-0.2, -0.15) is 0 Å².